The van der Waals surface area contributed by atoms with Crippen molar-refractivity contribution in [3.8, 4) is 0 Å². The summed E-state index contributed by atoms with van der Waals surface area (Å²) >= 11 is 0. The second-order valence-corrected chi connectivity index (χ2v) is 2.25. The third-order valence-corrected chi connectivity index (χ3v) is 1.44. The zero-order chi connectivity index (χ0) is 7.56. The predicted octanol–water partition coefficient (Wildman–Crippen LogP) is -0.472. The van der Waals surface area contributed by atoms with Gasteiger partial charge in [0.2, 0.25) is 0 Å². The Balaban J connectivity index is 2.48. The second-order valence-electron chi connectivity index (χ2n) is 2.25. The van der Waals surface area contributed by atoms with Gasteiger partial charge < -0.3 is 20.1 Å². The molecule has 0 aliphatic carbocycles. The molecule has 0 aromatic carbocycles. The predicted molar refractivity (Wildman–Crippen MR) is 33.3 cm³/mol. The monoisotopic (exact) mass is 146 g/mol. The first-order valence-electron chi connectivity index (χ1n) is 3.06. The molecule has 4 heteroatoms. The van der Waals surface area contributed by atoms with Crippen LogP contribution in [0.3, 0.4) is 0 Å². The van der Waals surface area contributed by atoms with Gasteiger partial charge in [0.05, 0.1) is 6.10 Å². The minimum absolute atomic E-state index is 0.0492. The first kappa shape index (κ1) is 7.37. The van der Waals surface area contributed by atoms with Crippen LogP contribution in [0.2, 0.25) is 0 Å². The molecular formula is C6H10O4. The Hall–Kier alpha value is -0.740. The van der Waals surface area contributed by atoms with Crippen molar-refractivity contribution < 1.29 is 20.1 Å². The highest BCUT2D eigenvalue weighted by Crippen LogP contribution is 2.16. The second kappa shape index (κ2) is 2.90. The van der Waals surface area contributed by atoms with Gasteiger partial charge in [0, 0.05) is 6.42 Å². The van der Waals surface area contributed by atoms with Crippen LogP contribution in [0.25, 0.3) is 0 Å². The van der Waals surface area contributed by atoms with Crippen LogP contribution in [0, 0.1) is 0 Å². The van der Waals surface area contributed by atoms with E-state index in [-0.39, 0.29) is 13.0 Å². The summed E-state index contributed by atoms with van der Waals surface area (Å²) in [6.45, 7) is 0.0492. The van der Waals surface area contributed by atoms with Crippen LogP contribution in [-0.2, 0) is 4.74 Å². The molecule has 1 aliphatic heterocycles. The van der Waals surface area contributed by atoms with Crippen molar-refractivity contribution in [1.82, 2.24) is 0 Å². The lowest BCUT2D eigenvalue weighted by Gasteiger charge is -2.25. The zero-order valence-corrected chi connectivity index (χ0v) is 5.40. The normalized spacial score (nSPS) is 37.6. The summed E-state index contributed by atoms with van der Waals surface area (Å²) in [4.78, 5) is 0. The van der Waals surface area contributed by atoms with Crippen molar-refractivity contribution >= 4 is 0 Å². The molecule has 0 aromatic heterocycles. The Bertz CT molecular complexity index is 143. The standard InChI is InChI=1S/C6H10O4/c7-2-4-1-5(8)6(9)3-10-4/h2,5-9H,1,3H2/b4-2+/t5-,6+/m0/s1. The molecule has 1 rings (SSSR count). The molecule has 58 valence electrons. The van der Waals surface area contributed by atoms with Crippen LogP contribution in [-0.4, -0.2) is 34.1 Å². The summed E-state index contributed by atoms with van der Waals surface area (Å²) in [5.41, 5.74) is 0. The lowest BCUT2D eigenvalue weighted by molar-refractivity contribution is -0.0599. The van der Waals surface area contributed by atoms with E-state index < -0.39 is 12.2 Å². The van der Waals surface area contributed by atoms with Crippen molar-refractivity contribution in [3.63, 3.8) is 0 Å². The Morgan fingerprint density at radius 3 is 2.60 bits per heavy atom. The fraction of sp³-hybridized carbons (Fsp3) is 0.667. The van der Waals surface area contributed by atoms with Gasteiger partial charge in [-0.15, -0.1) is 0 Å². The minimum atomic E-state index is -0.830. The summed E-state index contributed by atoms with van der Waals surface area (Å²) < 4.78 is 4.81. The molecule has 4 nitrogen and oxygen atoms in total. The molecule has 3 N–H and O–H groups in total. The molecule has 0 bridgehead atoms. The van der Waals surface area contributed by atoms with E-state index in [0.29, 0.717) is 5.76 Å². The van der Waals surface area contributed by atoms with Crippen LogP contribution in [0.4, 0.5) is 0 Å². The van der Waals surface area contributed by atoms with Crippen LogP contribution < -0.4 is 0 Å². The quantitative estimate of drug-likeness (QED) is 0.404. The fourth-order valence-electron chi connectivity index (χ4n) is 0.795. The first-order chi connectivity index (χ1) is 4.74. The highest BCUT2D eigenvalue weighted by molar-refractivity contribution is 4.95. The Morgan fingerprint density at radius 1 is 1.40 bits per heavy atom. The maximum atomic E-state index is 9.00. The molecule has 2 atom stereocenters. The lowest BCUT2D eigenvalue weighted by atomic mass is 10.1. The molecule has 1 fully saturated rings. The molecular weight excluding hydrogens is 136 g/mol. The van der Waals surface area contributed by atoms with E-state index in [4.69, 9.17) is 20.1 Å². The van der Waals surface area contributed by atoms with Gasteiger partial charge >= 0.3 is 0 Å². The molecule has 10 heavy (non-hydrogen) atoms. The molecule has 0 unspecified atom stereocenters. The number of hydrogen-bond donors (Lipinski definition) is 3. The summed E-state index contributed by atoms with van der Waals surface area (Å²) in [6.07, 6.45) is -0.664. The van der Waals surface area contributed by atoms with Crippen molar-refractivity contribution in [2.45, 2.75) is 18.6 Å². The van der Waals surface area contributed by atoms with Crippen LogP contribution >= 0.6 is 0 Å². The topological polar surface area (TPSA) is 69.9 Å². The largest absolute Gasteiger partial charge is 0.512 e. The van der Waals surface area contributed by atoms with Gasteiger partial charge in [-0.2, -0.15) is 0 Å². The van der Waals surface area contributed by atoms with Crippen molar-refractivity contribution in [2.24, 2.45) is 0 Å². The van der Waals surface area contributed by atoms with Crippen molar-refractivity contribution in [1.29, 1.82) is 0 Å². The van der Waals surface area contributed by atoms with E-state index in [9.17, 15) is 0 Å². The number of hydrogen-bond acceptors (Lipinski definition) is 4. The van der Waals surface area contributed by atoms with Gasteiger partial charge in [0.25, 0.3) is 0 Å². The van der Waals surface area contributed by atoms with Crippen LogP contribution in [0.1, 0.15) is 6.42 Å². The third-order valence-electron chi connectivity index (χ3n) is 1.44. The number of aliphatic hydroxyl groups is 3. The van der Waals surface area contributed by atoms with Gasteiger partial charge in [-0.3, -0.25) is 0 Å². The van der Waals surface area contributed by atoms with E-state index in [1.807, 2.05) is 0 Å². The average molecular weight is 146 g/mol. The van der Waals surface area contributed by atoms with E-state index in [2.05, 4.69) is 0 Å². The Morgan fingerprint density at radius 2 is 2.10 bits per heavy atom. The number of rotatable bonds is 0. The minimum Gasteiger partial charge on any atom is -0.512 e. The SMILES string of the molecule is O/C=C1\C[C@H](O)[C@H](O)CO1. The molecule has 0 saturated carbocycles. The van der Waals surface area contributed by atoms with Gasteiger partial charge in [0.15, 0.2) is 0 Å². The van der Waals surface area contributed by atoms with Gasteiger partial charge in [-0.1, -0.05) is 0 Å². The zero-order valence-electron chi connectivity index (χ0n) is 5.40. The fourth-order valence-corrected chi connectivity index (χ4v) is 0.795. The maximum absolute atomic E-state index is 9.00. The van der Waals surface area contributed by atoms with Crippen molar-refractivity contribution in [2.75, 3.05) is 6.61 Å². The smallest absolute Gasteiger partial charge is 0.133 e. The molecule has 0 radical (unpaired) electrons. The average Bonchev–Trinajstić information content (AvgIpc) is 1.95. The van der Waals surface area contributed by atoms with Crippen LogP contribution in [0.5, 0.6) is 0 Å². The maximum Gasteiger partial charge on any atom is 0.133 e. The summed E-state index contributed by atoms with van der Waals surface area (Å²) in [7, 11) is 0. The molecule has 0 amide bonds. The van der Waals surface area contributed by atoms with E-state index in [0.717, 1.165) is 6.26 Å². The van der Waals surface area contributed by atoms with Gasteiger partial charge in [-0.05, 0) is 0 Å². The lowest BCUT2D eigenvalue weighted by Crippen LogP contribution is -2.35. The molecule has 0 aromatic rings. The van der Waals surface area contributed by atoms with Gasteiger partial charge in [-0.25, -0.2) is 0 Å². The van der Waals surface area contributed by atoms with Crippen LogP contribution in [0.15, 0.2) is 12.0 Å². The summed E-state index contributed by atoms with van der Waals surface area (Å²) in [5.74, 6) is 0.317. The van der Waals surface area contributed by atoms with E-state index >= 15 is 0 Å². The number of aliphatic hydroxyl groups excluding tert-OH is 3. The Labute approximate surface area is 58.4 Å². The highest BCUT2D eigenvalue weighted by atomic mass is 16.5. The van der Waals surface area contributed by atoms with E-state index in [1.54, 1.807) is 0 Å². The molecule has 0 spiro atoms. The van der Waals surface area contributed by atoms with Crippen molar-refractivity contribution in [3.05, 3.63) is 12.0 Å². The Kier molecular flexibility index (Phi) is 2.13. The van der Waals surface area contributed by atoms with Gasteiger partial charge in [0.1, 0.15) is 24.7 Å². The summed E-state index contributed by atoms with van der Waals surface area (Å²) in [5, 5.41) is 26.3. The summed E-state index contributed by atoms with van der Waals surface area (Å²) in [6, 6.07) is 0. The number of ether oxygens (including phenoxy) is 1. The molecule has 1 heterocycles. The third kappa shape index (κ3) is 1.40. The first-order valence-corrected chi connectivity index (χ1v) is 3.06. The highest BCUT2D eigenvalue weighted by Gasteiger charge is 2.24. The van der Waals surface area contributed by atoms with E-state index in [1.165, 1.54) is 0 Å². The molecule has 1 saturated heterocycles. The molecule has 1 aliphatic rings.